The van der Waals surface area contributed by atoms with E-state index in [0.717, 1.165) is 21.8 Å². The van der Waals surface area contributed by atoms with Crippen LogP contribution in [0.15, 0.2) is 35.1 Å². The molecule has 1 aromatic carbocycles. The fraction of sp³-hybridized carbons (Fsp3) is 0.278. The smallest absolute Gasteiger partial charge is 0.261 e. The summed E-state index contributed by atoms with van der Waals surface area (Å²) in [5, 5.41) is 2.37. The van der Waals surface area contributed by atoms with E-state index in [2.05, 4.69) is 31.2 Å². The number of anilines is 1. The van der Waals surface area contributed by atoms with Crippen molar-refractivity contribution in [2.45, 2.75) is 18.8 Å². The first kappa shape index (κ1) is 17.7. The Balaban J connectivity index is 1.61. The summed E-state index contributed by atoms with van der Waals surface area (Å²) in [5.41, 5.74) is 0.366. The number of nitrogens with zero attached hydrogens (tertiary/aromatic N) is 3. The van der Waals surface area contributed by atoms with Crippen molar-refractivity contribution in [2.24, 2.45) is 5.92 Å². The molecule has 0 radical (unpaired) electrons. The number of benzene rings is 1. The molecule has 0 bridgehead atoms. The van der Waals surface area contributed by atoms with Crippen molar-refractivity contribution in [2.75, 3.05) is 11.9 Å². The average Bonchev–Trinajstić information content (AvgIpc) is 3.31. The molecular formula is C18H14BrFN4O3. The van der Waals surface area contributed by atoms with Gasteiger partial charge in [-0.1, -0.05) is 22.9 Å². The molecule has 1 fully saturated rings. The molecule has 2 aromatic rings. The van der Waals surface area contributed by atoms with Gasteiger partial charge in [0.05, 0.1) is 17.8 Å². The van der Waals surface area contributed by atoms with Gasteiger partial charge in [0.1, 0.15) is 6.54 Å². The molecule has 4 rings (SSSR count). The lowest BCUT2D eigenvalue weighted by Crippen LogP contribution is -2.51. The zero-order valence-corrected chi connectivity index (χ0v) is 15.8. The maximum atomic E-state index is 13.1. The van der Waals surface area contributed by atoms with Crippen LogP contribution in [0, 0.1) is 11.7 Å². The summed E-state index contributed by atoms with van der Waals surface area (Å²) in [5.74, 6) is -2.17. The molecule has 2 heterocycles. The standard InChI is InChI=1S/C18H14BrFN4O3/c1-9-5-18(9)13-4-10(19)2-3-12(13)15(26)24(16(18)27)8-14(25)23-17-21-6-11(20)7-22-17/h2-4,6-7,9H,5,8H2,1H3,(H,21,22,23,25)/t9-,18-/m1/s1. The van der Waals surface area contributed by atoms with Gasteiger partial charge in [-0.3, -0.25) is 24.6 Å². The van der Waals surface area contributed by atoms with Gasteiger partial charge in [0.2, 0.25) is 17.8 Å². The lowest BCUT2D eigenvalue weighted by Gasteiger charge is -2.33. The maximum Gasteiger partial charge on any atom is 0.261 e. The first-order valence-electron chi connectivity index (χ1n) is 8.26. The highest BCUT2D eigenvalue weighted by Crippen LogP contribution is 2.58. The molecule has 27 heavy (non-hydrogen) atoms. The van der Waals surface area contributed by atoms with E-state index >= 15 is 0 Å². The highest BCUT2D eigenvalue weighted by Gasteiger charge is 2.64. The van der Waals surface area contributed by atoms with Crippen LogP contribution >= 0.6 is 15.9 Å². The van der Waals surface area contributed by atoms with Crippen LogP contribution < -0.4 is 5.32 Å². The van der Waals surface area contributed by atoms with Crippen LogP contribution in [0.25, 0.3) is 0 Å². The molecule has 3 amide bonds. The number of imide groups is 1. The molecule has 7 nitrogen and oxygen atoms in total. The van der Waals surface area contributed by atoms with Crippen LogP contribution in [0.4, 0.5) is 10.3 Å². The molecular weight excluding hydrogens is 419 g/mol. The van der Waals surface area contributed by atoms with Gasteiger partial charge in [0, 0.05) is 10.0 Å². The number of nitrogens with one attached hydrogen (secondary N) is 1. The van der Waals surface area contributed by atoms with Gasteiger partial charge in [-0.15, -0.1) is 0 Å². The van der Waals surface area contributed by atoms with Crippen LogP contribution in [0.2, 0.25) is 0 Å². The van der Waals surface area contributed by atoms with Crippen molar-refractivity contribution in [3.8, 4) is 0 Å². The second kappa shape index (κ2) is 6.19. The Bertz CT molecular complexity index is 981. The topological polar surface area (TPSA) is 92.3 Å². The quantitative estimate of drug-likeness (QED) is 0.750. The highest BCUT2D eigenvalue weighted by atomic mass is 79.9. The Morgan fingerprint density at radius 2 is 2.04 bits per heavy atom. The number of amides is 3. The minimum absolute atomic E-state index is 0.0807. The largest absolute Gasteiger partial charge is 0.293 e. The fourth-order valence-corrected chi connectivity index (χ4v) is 3.95. The number of aromatic nitrogens is 2. The van der Waals surface area contributed by atoms with Gasteiger partial charge in [-0.25, -0.2) is 14.4 Å². The van der Waals surface area contributed by atoms with Crippen LogP contribution in [0.3, 0.4) is 0 Å². The maximum absolute atomic E-state index is 13.1. The number of hydrogen-bond acceptors (Lipinski definition) is 5. The molecule has 1 N–H and O–H groups in total. The Kier molecular flexibility index (Phi) is 4.06. The van der Waals surface area contributed by atoms with Crippen molar-refractivity contribution < 1.29 is 18.8 Å². The first-order chi connectivity index (χ1) is 12.8. The third-order valence-electron chi connectivity index (χ3n) is 5.05. The summed E-state index contributed by atoms with van der Waals surface area (Å²) in [7, 11) is 0. The molecule has 0 saturated heterocycles. The minimum atomic E-state index is -0.764. The van der Waals surface area contributed by atoms with E-state index in [-0.39, 0.29) is 17.8 Å². The van der Waals surface area contributed by atoms with Crippen LogP contribution in [-0.4, -0.2) is 39.1 Å². The average molecular weight is 433 g/mol. The Morgan fingerprint density at radius 3 is 2.67 bits per heavy atom. The second-order valence-electron chi connectivity index (χ2n) is 6.74. The van der Waals surface area contributed by atoms with E-state index in [1.807, 2.05) is 6.92 Å². The molecule has 1 saturated carbocycles. The molecule has 1 aliphatic heterocycles. The number of carbonyl (C=O) groups excluding carboxylic acids is 3. The molecule has 138 valence electrons. The third-order valence-corrected chi connectivity index (χ3v) is 5.54. The van der Waals surface area contributed by atoms with E-state index < -0.39 is 29.6 Å². The number of fused-ring (bicyclic) bond motifs is 2. The van der Waals surface area contributed by atoms with Crippen molar-refractivity contribution in [3.63, 3.8) is 0 Å². The summed E-state index contributed by atoms with van der Waals surface area (Å²) in [4.78, 5) is 46.4. The lowest BCUT2D eigenvalue weighted by molar-refractivity contribution is -0.135. The van der Waals surface area contributed by atoms with Crippen molar-refractivity contribution in [1.29, 1.82) is 0 Å². The molecule has 9 heteroatoms. The fourth-order valence-electron chi connectivity index (χ4n) is 3.59. The van der Waals surface area contributed by atoms with Crippen LogP contribution in [-0.2, 0) is 15.0 Å². The number of carbonyl (C=O) groups is 3. The Hall–Kier alpha value is -2.68. The SMILES string of the molecule is C[C@@H]1C[C@@]12C(=O)N(CC(=O)Nc1ncc(F)cn1)C(=O)c1ccc(Br)cc12. The number of halogens is 2. The van der Waals surface area contributed by atoms with Gasteiger partial charge in [0.15, 0.2) is 5.82 Å². The van der Waals surface area contributed by atoms with Crippen molar-refractivity contribution in [3.05, 3.63) is 52.0 Å². The Labute approximate surface area is 162 Å². The zero-order chi connectivity index (χ0) is 19.3. The molecule has 1 aliphatic carbocycles. The zero-order valence-electron chi connectivity index (χ0n) is 14.2. The van der Waals surface area contributed by atoms with Gasteiger partial charge < -0.3 is 0 Å². The molecule has 2 aliphatic rings. The van der Waals surface area contributed by atoms with Gasteiger partial charge in [0.25, 0.3) is 5.91 Å². The summed E-state index contributed by atoms with van der Waals surface area (Å²) < 4.78 is 13.7. The normalized spacial score (nSPS) is 23.4. The monoisotopic (exact) mass is 432 g/mol. The van der Waals surface area contributed by atoms with Gasteiger partial charge in [-0.05, 0) is 36.1 Å². The minimum Gasteiger partial charge on any atom is -0.293 e. The van der Waals surface area contributed by atoms with Crippen molar-refractivity contribution >= 4 is 39.6 Å². The second-order valence-corrected chi connectivity index (χ2v) is 7.65. The van der Waals surface area contributed by atoms with Gasteiger partial charge in [-0.2, -0.15) is 0 Å². The molecule has 1 spiro atoms. The first-order valence-corrected chi connectivity index (χ1v) is 9.06. The van der Waals surface area contributed by atoms with Crippen molar-refractivity contribution in [1.82, 2.24) is 14.9 Å². The number of hydrogen-bond donors (Lipinski definition) is 1. The highest BCUT2D eigenvalue weighted by molar-refractivity contribution is 9.10. The predicted molar refractivity (Wildman–Crippen MR) is 96.3 cm³/mol. The van der Waals surface area contributed by atoms with Crippen LogP contribution in [0.5, 0.6) is 0 Å². The molecule has 0 unspecified atom stereocenters. The summed E-state index contributed by atoms with van der Waals surface area (Å²) >= 11 is 3.39. The van der Waals surface area contributed by atoms with E-state index in [9.17, 15) is 18.8 Å². The van der Waals surface area contributed by atoms with Gasteiger partial charge >= 0.3 is 0 Å². The molecule has 2 atom stereocenters. The van der Waals surface area contributed by atoms with E-state index in [1.54, 1.807) is 18.2 Å². The third kappa shape index (κ3) is 2.82. The summed E-state index contributed by atoms with van der Waals surface area (Å²) in [6, 6.07) is 5.20. The van der Waals surface area contributed by atoms with E-state index in [0.29, 0.717) is 17.5 Å². The van der Waals surface area contributed by atoms with Crippen LogP contribution in [0.1, 0.15) is 29.3 Å². The number of rotatable bonds is 3. The molecule has 1 aromatic heterocycles. The van der Waals surface area contributed by atoms with E-state index in [4.69, 9.17) is 0 Å². The summed E-state index contributed by atoms with van der Waals surface area (Å²) in [6.45, 7) is 1.49. The van der Waals surface area contributed by atoms with E-state index in [1.165, 1.54) is 0 Å². The lowest BCUT2D eigenvalue weighted by atomic mass is 9.84. The predicted octanol–water partition coefficient (Wildman–Crippen LogP) is 2.28. The Morgan fingerprint density at radius 1 is 1.37 bits per heavy atom. The summed E-state index contributed by atoms with van der Waals surface area (Å²) in [6.07, 6.45) is 2.45.